The number of nitrogens with one attached hydrogen (secondary N) is 1. The highest BCUT2D eigenvalue weighted by Gasteiger charge is 2.62. The van der Waals surface area contributed by atoms with Crippen molar-refractivity contribution in [3.05, 3.63) is 23.0 Å². The van der Waals surface area contributed by atoms with E-state index >= 15 is 0 Å². The van der Waals surface area contributed by atoms with Crippen molar-refractivity contribution >= 4 is 18.8 Å². The number of methoxy groups -OCH3 is 1. The molecular weight excluding hydrogens is 351 g/mol. The van der Waals surface area contributed by atoms with Gasteiger partial charge in [0.05, 0.1) is 19.3 Å². The molecule has 0 amide bonds. The number of rotatable bonds is 5. The Morgan fingerprint density at radius 2 is 2.36 bits per heavy atom. The second-order valence-electron chi connectivity index (χ2n) is 6.59. The summed E-state index contributed by atoms with van der Waals surface area (Å²) in [6, 6.07) is 0. The third-order valence-corrected chi connectivity index (χ3v) is 5.49. The van der Waals surface area contributed by atoms with Crippen LogP contribution >= 0.6 is 7.60 Å². The summed E-state index contributed by atoms with van der Waals surface area (Å²) in [5, 5.41) is 0. The molecule has 1 aliphatic carbocycles. The van der Waals surface area contributed by atoms with Crippen LogP contribution in [0.3, 0.4) is 0 Å². The van der Waals surface area contributed by atoms with Gasteiger partial charge >= 0.3 is 7.60 Å². The Morgan fingerprint density at radius 3 is 3.08 bits per heavy atom. The smallest absolute Gasteiger partial charge is 0.325 e. The highest BCUT2D eigenvalue weighted by atomic mass is 31.2. The largest absolute Gasteiger partial charge is 0.382 e. The van der Waals surface area contributed by atoms with Crippen molar-refractivity contribution in [1.82, 2.24) is 19.5 Å². The Kier molecular flexibility index (Phi) is 3.86. The van der Waals surface area contributed by atoms with Crippen LogP contribution in [0.4, 0.5) is 0 Å². The summed E-state index contributed by atoms with van der Waals surface area (Å²) in [7, 11) is -2.16. The van der Waals surface area contributed by atoms with Crippen molar-refractivity contribution in [2.75, 3.05) is 20.4 Å². The van der Waals surface area contributed by atoms with E-state index in [0.29, 0.717) is 12.1 Å². The average Bonchev–Trinajstić information content (AvgIpc) is 3.17. The third kappa shape index (κ3) is 2.65. The number of ether oxygens (including phenoxy) is 2. The lowest BCUT2D eigenvalue weighted by Crippen LogP contribution is -2.42. The van der Waals surface area contributed by atoms with Gasteiger partial charge in [-0.3, -0.25) is 13.9 Å². The standard InChI is InChI=1S/C14H19N4O6P/c1-22-5-14-4-3-8(10(14)24-25(2,20)21)13(23-14)18-7-17-9-11(18)15-6-16-12(9)19/h6-8,10,13H,3-5H2,1-2H3,(H,20,21)(H,15,16,19)/t8?,10?,13?,14-/m1/s1. The van der Waals surface area contributed by atoms with Crippen molar-refractivity contribution in [2.24, 2.45) is 5.92 Å². The molecule has 5 atom stereocenters. The molecule has 1 aliphatic heterocycles. The van der Waals surface area contributed by atoms with Gasteiger partial charge in [0.15, 0.2) is 11.2 Å². The molecule has 0 spiro atoms. The van der Waals surface area contributed by atoms with E-state index in [4.69, 9.17) is 14.0 Å². The molecule has 136 valence electrons. The van der Waals surface area contributed by atoms with Crippen molar-refractivity contribution in [3.8, 4) is 0 Å². The van der Waals surface area contributed by atoms with E-state index < -0.39 is 25.5 Å². The van der Waals surface area contributed by atoms with E-state index in [-0.39, 0.29) is 23.6 Å². The fraction of sp³-hybridized carbons (Fsp3) is 0.643. The number of nitrogens with zero attached hydrogens (tertiary/aromatic N) is 3. The van der Waals surface area contributed by atoms with Crippen molar-refractivity contribution < 1.29 is 23.5 Å². The summed E-state index contributed by atoms with van der Waals surface area (Å²) in [4.78, 5) is 32.4. The summed E-state index contributed by atoms with van der Waals surface area (Å²) < 4.78 is 30.5. The maximum absolute atomic E-state index is 11.9. The first-order valence-electron chi connectivity index (χ1n) is 7.90. The Labute approximate surface area is 142 Å². The Balaban J connectivity index is 1.76. The molecule has 11 heteroatoms. The van der Waals surface area contributed by atoms with Gasteiger partial charge in [-0.15, -0.1) is 0 Å². The van der Waals surface area contributed by atoms with Crippen LogP contribution in [-0.2, 0) is 18.6 Å². The maximum atomic E-state index is 11.9. The molecule has 1 saturated carbocycles. The van der Waals surface area contributed by atoms with Gasteiger partial charge < -0.3 is 23.9 Å². The van der Waals surface area contributed by atoms with Gasteiger partial charge in [-0.25, -0.2) is 9.97 Å². The molecule has 1 saturated heterocycles. The van der Waals surface area contributed by atoms with Crippen LogP contribution < -0.4 is 5.56 Å². The number of aromatic amines is 1. The fourth-order valence-electron chi connectivity index (χ4n) is 3.97. The summed E-state index contributed by atoms with van der Waals surface area (Å²) in [6.45, 7) is 1.40. The van der Waals surface area contributed by atoms with Gasteiger partial charge in [-0.1, -0.05) is 0 Å². The molecule has 0 aromatic carbocycles. The number of H-pyrrole nitrogens is 1. The summed E-state index contributed by atoms with van der Waals surface area (Å²) >= 11 is 0. The summed E-state index contributed by atoms with van der Waals surface area (Å²) in [5.41, 5.74) is -0.525. The lowest BCUT2D eigenvalue weighted by molar-refractivity contribution is -0.142. The molecule has 2 aliphatic rings. The van der Waals surface area contributed by atoms with Crippen LogP contribution in [0.15, 0.2) is 17.4 Å². The predicted octanol–water partition coefficient (Wildman–Crippen LogP) is 0.644. The molecular formula is C14H19N4O6P. The van der Waals surface area contributed by atoms with Gasteiger partial charge in [0.2, 0.25) is 0 Å². The van der Waals surface area contributed by atoms with Gasteiger partial charge in [0.1, 0.15) is 17.9 Å². The van der Waals surface area contributed by atoms with E-state index in [1.54, 1.807) is 11.7 Å². The highest BCUT2D eigenvalue weighted by Crippen LogP contribution is 2.58. The minimum Gasteiger partial charge on any atom is -0.382 e. The minimum atomic E-state index is -3.71. The van der Waals surface area contributed by atoms with Crippen LogP contribution in [0.5, 0.6) is 0 Å². The van der Waals surface area contributed by atoms with Crippen LogP contribution in [0.1, 0.15) is 19.1 Å². The Morgan fingerprint density at radius 1 is 1.56 bits per heavy atom. The molecule has 4 unspecified atom stereocenters. The molecule has 0 radical (unpaired) electrons. The zero-order valence-electron chi connectivity index (χ0n) is 13.8. The van der Waals surface area contributed by atoms with Gasteiger partial charge in [-0.05, 0) is 12.8 Å². The molecule has 2 aromatic rings. The summed E-state index contributed by atoms with van der Waals surface area (Å²) in [6.07, 6.45) is 3.12. The van der Waals surface area contributed by atoms with E-state index in [2.05, 4.69) is 15.0 Å². The minimum absolute atomic E-state index is 0.172. The van der Waals surface area contributed by atoms with Crippen LogP contribution in [0.25, 0.3) is 11.2 Å². The summed E-state index contributed by atoms with van der Waals surface area (Å²) in [5.74, 6) is -0.172. The molecule has 2 fully saturated rings. The molecule has 3 heterocycles. The monoisotopic (exact) mass is 370 g/mol. The Bertz CT molecular complexity index is 906. The van der Waals surface area contributed by atoms with E-state index in [9.17, 15) is 14.3 Å². The normalized spacial score (nSPS) is 33.8. The maximum Gasteiger partial charge on any atom is 0.325 e. The molecule has 2 bridgehead atoms. The van der Waals surface area contributed by atoms with Crippen LogP contribution in [-0.4, -0.2) is 56.5 Å². The fourth-order valence-corrected chi connectivity index (χ4v) is 4.74. The highest BCUT2D eigenvalue weighted by molar-refractivity contribution is 7.51. The first-order chi connectivity index (χ1) is 11.8. The van der Waals surface area contributed by atoms with E-state index in [1.165, 1.54) is 12.7 Å². The number of hydrogen-bond donors (Lipinski definition) is 2. The second kappa shape index (κ2) is 5.72. The number of imidazole rings is 1. The number of aromatic nitrogens is 4. The van der Waals surface area contributed by atoms with Crippen molar-refractivity contribution in [1.29, 1.82) is 0 Å². The van der Waals surface area contributed by atoms with E-state index in [0.717, 1.165) is 13.1 Å². The van der Waals surface area contributed by atoms with Crippen molar-refractivity contribution in [2.45, 2.75) is 30.8 Å². The average molecular weight is 370 g/mol. The Hall–Kier alpha value is -1.58. The first-order valence-corrected chi connectivity index (χ1v) is 9.93. The molecule has 10 nitrogen and oxygen atoms in total. The topological polar surface area (TPSA) is 129 Å². The molecule has 4 rings (SSSR count). The lowest BCUT2D eigenvalue weighted by atomic mass is 10.0. The van der Waals surface area contributed by atoms with Gasteiger partial charge in [-0.2, -0.15) is 0 Å². The SMILES string of the molecule is COC[C@@]12CCC(C(n3cnc4c(=O)[nH]cnc43)O1)C2OP(C)(=O)O. The van der Waals surface area contributed by atoms with E-state index in [1.807, 2.05) is 0 Å². The third-order valence-electron chi connectivity index (χ3n) is 4.87. The lowest BCUT2D eigenvalue weighted by Gasteiger charge is -2.32. The zero-order valence-corrected chi connectivity index (χ0v) is 14.7. The van der Waals surface area contributed by atoms with Crippen LogP contribution in [0, 0.1) is 5.92 Å². The second-order valence-corrected chi connectivity index (χ2v) is 8.41. The molecule has 2 aromatic heterocycles. The quantitative estimate of drug-likeness (QED) is 0.734. The van der Waals surface area contributed by atoms with Crippen molar-refractivity contribution in [3.63, 3.8) is 0 Å². The number of hydrogen-bond acceptors (Lipinski definition) is 7. The molecule has 25 heavy (non-hydrogen) atoms. The first kappa shape index (κ1) is 16.9. The molecule has 2 N–H and O–H groups in total. The zero-order chi connectivity index (χ0) is 17.8. The van der Waals surface area contributed by atoms with Gasteiger partial charge in [0.25, 0.3) is 5.56 Å². The predicted molar refractivity (Wildman–Crippen MR) is 86.2 cm³/mol. The van der Waals surface area contributed by atoms with Gasteiger partial charge in [0, 0.05) is 19.7 Å². The number of fused-ring (bicyclic) bond motifs is 3. The van der Waals surface area contributed by atoms with Crippen LogP contribution in [0.2, 0.25) is 0 Å².